The molecule has 0 saturated heterocycles. The molecule has 6 heteroatoms. The summed E-state index contributed by atoms with van der Waals surface area (Å²) in [7, 11) is 0. The van der Waals surface area contributed by atoms with Gasteiger partial charge >= 0.3 is 17.9 Å². The van der Waals surface area contributed by atoms with Crippen molar-refractivity contribution in [2.24, 2.45) is 17.8 Å². The summed E-state index contributed by atoms with van der Waals surface area (Å²) < 4.78 is 16.7. The van der Waals surface area contributed by atoms with Gasteiger partial charge in [0, 0.05) is 19.3 Å². The predicted octanol–water partition coefficient (Wildman–Crippen LogP) is 15.6. The molecule has 6 nitrogen and oxygen atoms in total. The second kappa shape index (κ2) is 41.6. The van der Waals surface area contributed by atoms with E-state index in [0.29, 0.717) is 19.3 Å². The van der Waals surface area contributed by atoms with Crippen LogP contribution in [0.5, 0.6) is 0 Å². The fourth-order valence-electron chi connectivity index (χ4n) is 7.41. The minimum absolute atomic E-state index is 0.0661. The Hall–Kier alpha value is -1.59. The molecule has 0 unspecified atom stereocenters. The van der Waals surface area contributed by atoms with Crippen LogP contribution in [0, 0.1) is 17.8 Å². The molecule has 0 aliphatic carbocycles. The lowest BCUT2D eigenvalue weighted by Crippen LogP contribution is -2.30. The summed E-state index contributed by atoms with van der Waals surface area (Å²) in [4.78, 5) is 37.8. The molecule has 0 N–H and O–H groups in total. The van der Waals surface area contributed by atoms with Crippen molar-refractivity contribution in [3.05, 3.63) is 0 Å². The molecule has 0 rings (SSSR count). The van der Waals surface area contributed by atoms with Crippen LogP contribution in [0.15, 0.2) is 0 Å². The molecule has 1 atom stereocenters. The van der Waals surface area contributed by atoms with Crippen LogP contribution < -0.4 is 0 Å². The molecule has 0 aromatic carbocycles. The summed E-state index contributed by atoms with van der Waals surface area (Å²) in [5.74, 6) is 1.56. The highest BCUT2D eigenvalue weighted by molar-refractivity contribution is 5.71. The minimum atomic E-state index is -0.762. The maximum absolute atomic E-state index is 12.7. The van der Waals surface area contributed by atoms with Crippen LogP contribution >= 0.6 is 0 Å². The molecule has 0 aromatic heterocycles. The van der Waals surface area contributed by atoms with Crippen LogP contribution in [-0.2, 0) is 28.6 Å². The second-order valence-electron chi connectivity index (χ2n) is 18.5. The van der Waals surface area contributed by atoms with Gasteiger partial charge in [-0.3, -0.25) is 14.4 Å². The zero-order valence-electron chi connectivity index (χ0n) is 38.4. The molecular formula is C50H96O6. The first kappa shape index (κ1) is 54.4. The third-order valence-electron chi connectivity index (χ3n) is 11.1. The van der Waals surface area contributed by atoms with Crippen LogP contribution in [0.3, 0.4) is 0 Å². The van der Waals surface area contributed by atoms with Crippen LogP contribution in [0.25, 0.3) is 0 Å². The van der Waals surface area contributed by atoms with Gasteiger partial charge in [-0.15, -0.1) is 0 Å². The predicted molar refractivity (Wildman–Crippen MR) is 238 cm³/mol. The number of rotatable bonds is 43. The first-order chi connectivity index (χ1) is 27.1. The molecule has 56 heavy (non-hydrogen) atoms. The lowest BCUT2D eigenvalue weighted by Gasteiger charge is -2.18. The van der Waals surface area contributed by atoms with Crippen molar-refractivity contribution < 1.29 is 28.6 Å². The molecule has 0 bridgehead atoms. The van der Waals surface area contributed by atoms with E-state index in [4.69, 9.17) is 14.2 Å². The quantitative estimate of drug-likeness (QED) is 0.0348. The largest absolute Gasteiger partial charge is 0.462 e. The average molecular weight is 793 g/mol. The molecule has 0 aliphatic heterocycles. The van der Waals surface area contributed by atoms with Crippen molar-refractivity contribution in [1.82, 2.24) is 0 Å². The van der Waals surface area contributed by atoms with Crippen molar-refractivity contribution in [2.45, 2.75) is 272 Å². The Kier molecular flexibility index (Phi) is 40.4. The van der Waals surface area contributed by atoms with Gasteiger partial charge in [0.05, 0.1) is 0 Å². The van der Waals surface area contributed by atoms with Gasteiger partial charge < -0.3 is 14.2 Å². The van der Waals surface area contributed by atoms with Crippen LogP contribution in [0.2, 0.25) is 0 Å². The molecule has 0 aromatic rings. The minimum Gasteiger partial charge on any atom is -0.462 e. The van der Waals surface area contributed by atoms with Gasteiger partial charge in [0.2, 0.25) is 0 Å². The van der Waals surface area contributed by atoms with Gasteiger partial charge in [-0.05, 0) is 37.0 Å². The third kappa shape index (κ3) is 43.5. The molecular weight excluding hydrogens is 697 g/mol. The number of esters is 3. The van der Waals surface area contributed by atoms with E-state index in [1.807, 2.05) is 0 Å². The highest BCUT2D eigenvalue weighted by Gasteiger charge is 2.19. The fraction of sp³-hybridized carbons (Fsp3) is 0.940. The van der Waals surface area contributed by atoms with Crippen LogP contribution in [-0.4, -0.2) is 37.2 Å². The highest BCUT2D eigenvalue weighted by Crippen LogP contribution is 2.17. The summed E-state index contributed by atoms with van der Waals surface area (Å²) in [6.07, 6.45) is 39.6. The monoisotopic (exact) mass is 793 g/mol. The standard InChI is InChI=1S/C50H96O6/c1-44(2)36-30-24-18-14-10-8-7-9-11-16-20-27-33-39-48(51)54-42-47(56-50(53)41-35-29-23-22-26-32-38-46(5)6)43-55-49(52)40-34-28-21-17-13-12-15-19-25-31-37-45(3)4/h44-47H,7-43H2,1-6H3/t47-/m0/s1. The SMILES string of the molecule is CC(C)CCCCCCCCCCCCCCCC(=O)OC[C@@H](COC(=O)CCCCCCCCCCCCC(C)C)OC(=O)CCCCCCCCC(C)C. The Morgan fingerprint density at radius 1 is 0.304 bits per heavy atom. The van der Waals surface area contributed by atoms with E-state index >= 15 is 0 Å². The van der Waals surface area contributed by atoms with E-state index < -0.39 is 6.10 Å². The van der Waals surface area contributed by atoms with E-state index in [1.54, 1.807) is 0 Å². The Labute approximate surface area is 348 Å². The second-order valence-corrected chi connectivity index (χ2v) is 18.5. The maximum Gasteiger partial charge on any atom is 0.306 e. The van der Waals surface area contributed by atoms with E-state index in [0.717, 1.165) is 75.5 Å². The maximum atomic E-state index is 12.7. The van der Waals surface area contributed by atoms with Gasteiger partial charge in [0.1, 0.15) is 13.2 Å². The number of ether oxygens (including phenoxy) is 3. The van der Waals surface area contributed by atoms with Crippen molar-refractivity contribution in [3.8, 4) is 0 Å². The Morgan fingerprint density at radius 2 is 0.518 bits per heavy atom. The summed E-state index contributed by atoms with van der Waals surface area (Å²) in [5.41, 5.74) is 0. The average Bonchev–Trinajstić information content (AvgIpc) is 3.15. The van der Waals surface area contributed by atoms with E-state index in [2.05, 4.69) is 41.5 Å². The summed E-state index contributed by atoms with van der Waals surface area (Å²) >= 11 is 0. The Morgan fingerprint density at radius 3 is 0.768 bits per heavy atom. The third-order valence-corrected chi connectivity index (χ3v) is 11.1. The molecule has 0 heterocycles. The first-order valence-electron chi connectivity index (χ1n) is 24.6. The zero-order valence-corrected chi connectivity index (χ0v) is 38.4. The molecule has 0 aliphatic rings. The van der Waals surface area contributed by atoms with E-state index in [-0.39, 0.29) is 31.1 Å². The molecule has 0 amide bonds. The molecule has 0 saturated carbocycles. The smallest absolute Gasteiger partial charge is 0.306 e. The lowest BCUT2D eigenvalue weighted by molar-refractivity contribution is -0.167. The number of hydrogen-bond acceptors (Lipinski definition) is 6. The number of carbonyl (C=O) groups is 3. The summed E-state index contributed by atoms with van der Waals surface area (Å²) in [6, 6.07) is 0. The zero-order chi connectivity index (χ0) is 41.3. The van der Waals surface area contributed by atoms with Crippen LogP contribution in [0.4, 0.5) is 0 Å². The highest BCUT2D eigenvalue weighted by atomic mass is 16.6. The molecule has 0 fully saturated rings. The van der Waals surface area contributed by atoms with Gasteiger partial charge in [-0.2, -0.15) is 0 Å². The molecule has 332 valence electrons. The van der Waals surface area contributed by atoms with Crippen molar-refractivity contribution in [2.75, 3.05) is 13.2 Å². The van der Waals surface area contributed by atoms with Gasteiger partial charge in [-0.25, -0.2) is 0 Å². The van der Waals surface area contributed by atoms with E-state index in [1.165, 1.54) is 148 Å². The van der Waals surface area contributed by atoms with Crippen molar-refractivity contribution >= 4 is 17.9 Å². The van der Waals surface area contributed by atoms with Crippen LogP contribution in [0.1, 0.15) is 266 Å². The Bertz CT molecular complexity index is 868. The lowest BCUT2D eigenvalue weighted by atomic mass is 10.0. The number of carbonyl (C=O) groups excluding carboxylic acids is 3. The van der Waals surface area contributed by atoms with Crippen molar-refractivity contribution in [3.63, 3.8) is 0 Å². The van der Waals surface area contributed by atoms with Crippen molar-refractivity contribution in [1.29, 1.82) is 0 Å². The van der Waals surface area contributed by atoms with Gasteiger partial charge in [0.25, 0.3) is 0 Å². The van der Waals surface area contributed by atoms with E-state index in [9.17, 15) is 14.4 Å². The molecule has 0 radical (unpaired) electrons. The first-order valence-corrected chi connectivity index (χ1v) is 24.6. The van der Waals surface area contributed by atoms with Gasteiger partial charge in [0.15, 0.2) is 6.10 Å². The number of unbranched alkanes of at least 4 members (excludes halogenated alkanes) is 26. The summed E-state index contributed by atoms with van der Waals surface area (Å²) in [6.45, 7) is 13.6. The fourth-order valence-corrected chi connectivity index (χ4v) is 7.41. The Balaban J connectivity index is 4.26. The van der Waals surface area contributed by atoms with Gasteiger partial charge in [-0.1, -0.05) is 228 Å². The number of hydrogen-bond donors (Lipinski definition) is 0. The topological polar surface area (TPSA) is 78.9 Å². The normalized spacial score (nSPS) is 12.2. The summed E-state index contributed by atoms with van der Waals surface area (Å²) in [5, 5.41) is 0. The molecule has 0 spiro atoms.